The predicted octanol–water partition coefficient (Wildman–Crippen LogP) is 1.49. The summed E-state index contributed by atoms with van der Waals surface area (Å²) < 4.78 is 1.78. The first-order chi connectivity index (χ1) is 10.1. The number of H-pyrrole nitrogens is 1. The van der Waals surface area contributed by atoms with Crippen molar-refractivity contribution in [2.45, 2.75) is 19.9 Å². The lowest BCUT2D eigenvalue weighted by atomic mass is 10.1. The van der Waals surface area contributed by atoms with E-state index in [2.05, 4.69) is 25.7 Å². The number of rotatable bonds is 3. The largest absolute Gasteiger partial charge is 0.341 e. The molecule has 108 valence electrons. The highest BCUT2D eigenvalue weighted by atomic mass is 16.2. The standard InChI is InChI=1S/C14H16N6O/c1-8-4-5-11-10(6-8)12(18-17-11)14(21)16-9(2)13-19-15-7-20(13)3/h4-7,9H,1-3H3,(H,16,21)(H,17,18)/t9-/m1/s1. The maximum absolute atomic E-state index is 12.4. The molecule has 0 radical (unpaired) electrons. The first-order valence-corrected chi connectivity index (χ1v) is 6.65. The normalized spacial score (nSPS) is 12.5. The third-order valence-corrected chi connectivity index (χ3v) is 3.41. The predicted molar refractivity (Wildman–Crippen MR) is 77.7 cm³/mol. The molecule has 1 aromatic carbocycles. The molecule has 7 nitrogen and oxygen atoms in total. The van der Waals surface area contributed by atoms with Crippen LogP contribution >= 0.6 is 0 Å². The number of aromatic amines is 1. The molecule has 0 saturated carbocycles. The Kier molecular flexibility index (Phi) is 3.17. The van der Waals surface area contributed by atoms with Gasteiger partial charge in [-0.3, -0.25) is 9.89 Å². The van der Waals surface area contributed by atoms with E-state index in [0.29, 0.717) is 11.5 Å². The number of amides is 1. The van der Waals surface area contributed by atoms with Gasteiger partial charge in [0, 0.05) is 12.4 Å². The fourth-order valence-electron chi connectivity index (χ4n) is 2.31. The highest BCUT2D eigenvalue weighted by molar-refractivity contribution is 6.04. The highest BCUT2D eigenvalue weighted by Gasteiger charge is 2.19. The van der Waals surface area contributed by atoms with Crippen molar-refractivity contribution in [1.29, 1.82) is 0 Å². The van der Waals surface area contributed by atoms with Crippen molar-refractivity contribution in [2.24, 2.45) is 7.05 Å². The van der Waals surface area contributed by atoms with Gasteiger partial charge in [0.25, 0.3) is 5.91 Å². The van der Waals surface area contributed by atoms with Crippen LogP contribution in [-0.4, -0.2) is 30.9 Å². The number of hydrogen-bond acceptors (Lipinski definition) is 4. The second-order valence-electron chi connectivity index (χ2n) is 5.12. The van der Waals surface area contributed by atoms with Crippen LogP contribution in [0.5, 0.6) is 0 Å². The number of benzene rings is 1. The summed E-state index contributed by atoms with van der Waals surface area (Å²) in [5.74, 6) is 0.460. The number of fused-ring (bicyclic) bond motifs is 1. The summed E-state index contributed by atoms with van der Waals surface area (Å²) in [6, 6.07) is 5.59. The molecule has 0 spiro atoms. The molecule has 3 rings (SSSR count). The molecule has 0 unspecified atom stereocenters. The first-order valence-electron chi connectivity index (χ1n) is 6.65. The minimum atomic E-state index is -0.249. The first kappa shape index (κ1) is 13.3. The molecule has 2 heterocycles. The van der Waals surface area contributed by atoms with Crippen LogP contribution in [0.3, 0.4) is 0 Å². The fourth-order valence-corrected chi connectivity index (χ4v) is 2.31. The van der Waals surface area contributed by atoms with E-state index in [-0.39, 0.29) is 11.9 Å². The summed E-state index contributed by atoms with van der Waals surface area (Å²) in [6.07, 6.45) is 1.60. The Morgan fingerprint density at radius 3 is 2.95 bits per heavy atom. The van der Waals surface area contributed by atoms with Gasteiger partial charge >= 0.3 is 0 Å². The van der Waals surface area contributed by atoms with Crippen LogP contribution in [0.4, 0.5) is 0 Å². The minimum absolute atomic E-state index is 0.234. The van der Waals surface area contributed by atoms with Crippen molar-refractivity contribution < 1.29 is 4.79 Å². The molecule has 0 saturated heterocycles. The third-order valence-electron chi connectivity index (χ3n) is 3.41. The number of aromatic nitrogens is 5. The number of carbonyl (C=O) groups excluding carboxylic acids is 1. The Morgan fingerprint density at radius 2 is 2.24 bits per heavy atom. The molecule has 1 amide bonds. The fraction of sp³-hybridized carbons (Fsp3) is 0.286. The summed E-state index contributed by atoms with van der Waals surface area (Å²) in [5.41, 5.74) is 2.32. The maximum atomic E-state index is 12.4. The second-order valence-corrected chi connectivity index (χ2v) is 5.12. The monoisotopic (exact) mass is 284 g/mol. The summed E-state index contributed by atoms with van der Waals surface area (Å²) in [5, 5.41) is 18.5. The van der Waals surface area contributed by atoms with Gasteiger partial charge in [-0.25, -0.2) is 0 Å². The van der Waals surface area contributed by atoms with Crippen LogP contribution in [0, 0.1) is 6.92 Å². The molecule has 0 aliphatic carbocycles. The molecule has 7 heteroatoms. The van der Waals surface area contributed by atoms with Gasteiger partial charge in [-0.2, -0.15) is 5.10 Å². The van der Waals surface area contributed by atoms with Gasteiger partial charge in [0.2, 0.25) is 0 Å². The second kappa shape index (κ2) is 5.01. The van der Waals surface area contributed by atoms with Crippen molar-refractivity contribution in [3.63, 3.8) is 0 Å². The van der Waals surface area contributed by atoms with Crippen molar-refractivity contribution in [2.75, 3.05) is 0 Å². The zero-order chi connectivity index (χ0) is 15.0. The topological polar surface area (TPSA) is 88.5 Å². The van der Waals surface area contributed by atoms with E-state index in [1.165, 1.54) is 0 Å². The van der Waals surface area contributed by atoms with Crippen LogP contribution in [0.2, 0.25) is 0 Å². The average Bonchev–Trinajstić information content (AvgIpc) is 3.04. The lowest BCUT2D eigenvalue weighted by molar-refractivity contribution is 0.0934. The molecule has 0 aliphatic heterocycles. The van der Waals surface area contributed by atoms with Gasteiger partial charge < -0.3 is 9.88 Å². The molecule has 2 N–H and O–H groups in total. The van der Waals surface area contributed by atoms with Gasteiger partial charge in [0.1, 0.15) is 6.33 Å². The van der Waals surface area contributed by atoms with Crippen LogP contribution in [0.15, 0.2) is 24.5 Å². The van der Waals surface area contributed by atoms with E-state index in [4.69, 9.17) is 0 Å². The van der Waals surface area contributed by atoms with E-state index < -0.39 is 0 Å². The zero-order valence-electron chi connectivity index (χ0n) is 12.1. The Bertz CT molecular complexity index is 803. The van der Waals surface area contributed by atoms with E-state index in [9.17, 15) is 4.79 Å². The Labute approximate surface area is 121 Å². The Hall–Kier alpha value is -2.70. The maximum Gasteiger partial charge on any atom is 0.273 e. The lowest BCUT2D eigenvalue weighted by Gasteiger charge is -2.11. The van der Waals surface area contributed by atoms with Gasteiger partial charge in [-0.15, -0.1) is 10.2 Å². The number of aryl methyl sites for hydroxylation is 2. The quantitative estimate of drug-likeness (QED) is 0.762. The number of carbonyl (C=O) groups is 1. The van der Waals surface area contributed by atoms with E-state index >= 15 is 0 Å². The van der Waals surface area contributed by atoms with Crippen LogP contribution in [-0.2, 0) is 7.05 Å². The van der Waals surface area contributed by atoms with Gasteiger partial charge in [0.15, 0.2) is 11.5 Å². The Balaban J connectivity index is 1.87. The SMILES string of the molecule is Cc1ccc2[nH]nc(C(=O)N[C@H](C)c3nncn3C)c2c1. The summed E-state index contributed by atoms with van der Waals surface area (Å²) in [7, 11) is 1.84. The average molecular weight is 284 g/mol. The van der Waals surface area contributed by atoms with Crippen LogP contribution in [0.1, 0.15) is 34.8 Å². The molecule has 3 aromatic rings. The summed E-state index contributed by atoms with van der Waals surface area (Å²) >= 11 is 0. The molecule has 2 aromatic heterocycles. The molecule has 0 aliphatic rings. The van der Waals surface area contributed by atoms with Gasteiger partial charge in [-0.1, -0.05) is 11.6 Å². The van der Waals surface area contributed by atoms with E-state index in [1.54, 1.807) is 10.9 Å². The molecule has 1 atom stereocenters. The van der Waals surface area contributed by atoms with Crippen molar-refractivity contribution in [1.82, 2.24) is 30.3 Å². The summed E-state index contributed by atoms with van der Waals surface area (Å²) in [4.78, 5) is 12.4. The Morgan fingerprint density at radius 1 is 1.43 bits per heavy atom. The number of nitrogens with zero attached hydrogens (tertiary/aromatic N) is 4. The third kappa shape index (κ3) is 2.37. The molecular formula is C14H16N6O. The van der Waals surface area contributed by atoms with Crippen molar-refractivity contribution in [3.05, 3.63) is 41.6 Å². The summed E-state index contributed by atoms with van der Waals surface area (Å²) in [6.45, 7) is 3.85. The number of hydrogen-bond donors (Lipinski definition) is 2. The van der Waals surface area contributed by atoms with E-state index in [0.717, 1.165) is 16.5 Å². The number of nitrogens with one attached hydrogen (secondary N) is 2. The molecule has 0 fully saturated rings. The van der Waals surface area contributed by atoms with Crippen LogP contribution < -0.4 is 5.32 Å². The molecule has 21 heavy (non-hydrogen) atoms. The van der Waals surface area contributed by atoms with Gasteiger partial charge in [-0.05, 0) is 26.0 Å². The molecule has 0 bridgehead atoms. The molecular weight excluding hydrogens is 268 g/mol. The van der Waals surface area contributed by atoms with E-state index in [1.807, 2.05) is 39.1 Å². The minimum Gasteiger partial charge on any atom is -0.341 e. The van der Waals surface area contributed by atoms with Crippen molar-refractivity contribution in [3.8, 4) is 0 Å². The lowest BCUT2D eigenvalue weighted by Crippen LogP contribution is -2.28. The van der Waals surface area contributed by atoms with Crippen molar-refractivity contribution >= 4 is 16.8 Å². The van der Waals surface area contributed by atoms with Gasteiger partial charge in [0.05, 0.1) is 11.6 Å². The zero-order valence-corrected chi connectivity index (χ0v) is 12.1. The highest BCUT2D eigenvalue weighted by Crippen LogP contribution is 2.18. The smallest absolute Gasteiger partial charge is 0.273 e. The van der Waals surface area contributed by atoms with Crippen LogP contribution in [0.25, 0.3) is 10.9 Å².